The summed E-state index contributed by atoms with van der Waals surface area (Å²) in [5.74, 6) is 1.86. The van der Waals surface area contributed by atoms with Gasteiger partial charge < -0.3 is 4.98 Å². The molecule has 1 aliphatic carbocycles. The third kappa shape index (κ3) is 2.59. The maximum atomic E-state index is 4.21. The van der Waals surface area contributed by atoms with Crippen molar-refractivity contribution in [2.24, 2.45) is 5.92 Å². The molecule has 1 heterocycles. The molecule has 1 unspecified atom stereocenters. The lowest BCUT2D eigenvalue weighted by Crippen LogP contribution is -1.99. The Kier molecular flexibility index (Phi) is 3.17. The number of hydrogen-bond acceptors (Lipinski definition) is 1. The summed E-state index contributed by atoms with van der Waals surface area (Å²) in [6.07, 6.45) is 17.3. The van der Waals surface area contributed by atoms with Gasteiger partial charge in [0, 0.05) is 18.8 Å². The number of imidazole rings is 1. The van der Waals surface area contributed by atoms with Gasteiger partial charge in [-0.05, 0) is 25.2 Å². The molecule has 1 N–H and O–H groups in total. The molecule has 1 aromatic rings. The highest BCUT2D eigenvalue weighted by atomic mass is 14.9. The second-order valence-corrected chi connectivity index (χ2v) is 3.74. The first-order valence-electron chi connectivity index (χ1n) is 5.27. The first-order valence-corrected chi connectivity index (χ1v) is 5.27. The van der Waals surface area contributed by atoms with E-state index < -0.39 is 0 Å². The lowest BCUT2D eigenvalue weighted by Gasteiger charge is -2.11. The Morgan fingerprint density at radius 1 is 1.43 bits per heavy atom. The van der Waals surface area contributed by atoms with Crippen LogP contribution in [0.25, 0.3) is 0 Å². The number of aromatic nitrogens is 2. The van der Waals surface area contributed by atoms with Crippen LogP contribution in [0.3, 0.4) is 0 Å². The van der Waals surface area contributed by atoms with E-state index in [4.69, 9.17) is 0 Å². The van der Waals surface area contributed by atoms with Crippen LogP contribution in [-0.2, 0) is 6.42 Å². The van der Waals surface area contributed by atoms with Crippen LogP contribution in [0, 0.1) is 5.92 Å². The molecule has 2 heteroatoms. The van der Waals surface area contributed by atoms with E-state index in [-0.39, 0.29) is 0 Å². The summed E-state index contributed by atoms with van der Waals surface area (Å²) in [6, 6.07) is 0. The van der Waals surface area contributed by atoms with Crippen molar-refractivity contribution >= 4 is 0 Å². The highest BCUT2D eigenvalue weighted by molar-refractivity contribution is 5.10. The third-order valence-corrected chi connectivity index (χ3v) is 2.61. The van der Waals surface area contributed by atoms with Crippen molar-refractivity contribution in [2.75, 3.05) is 0 Å². The quantitative estimate of drug-likeness (QED) is 0.773. The average Bonchev–Trinajstić information content (AvgIpc) is 2.72. The van der Waals surface area contributed by atoms with Gasteiger partial charge in [-0.15, -0.1) is 0 Å². The van der Waals surface area contributed by atoms with Gasteiger partial charge in [-0.1, -0.05) is 24.3 Å². The smallest absolute Gasteiger partial charge is 0.105 e. The minimum Gasteiger partial charge on any atom is -0.349 e. The maximum absolute atomic E-state index is 4.21. The molecule has 0 radical (unpaired) electrons. The molecular formula is C12H16N2. The predicted octanol–water partition coefficient (Wildman–Crippen LogP) is 2.86. The molecule has 2 nitrogen and oxygen atoms in total. The second-order valence-electron chi connectivity index (χ2n) is 3.74. The zero-order valence-electron chi connectivity index (χ0n) is 8.32. The van der Waals surface area contributed by atoms with Gasteiger partial charge >= 0.3 is 0 Å². The molecule has 2 rings (SSSR count). The minimum atomic E-state index is 0.745. The lowest BCUT2D eigenvalue weighted by molar-refractivity contribution is 0.558. The fourth-order valence-electron chi connectivity index (χ4n) is 1.81. The first-order chi connectivity index (χ1) is 6.95. The summed E-state index contributed by atoms with van der Waals surface area (Å²) in [6.45, 7) is 0. The molecule has 14 heavy (non-hydrogen) atoms. The summed E-state index contributed by atoms with van der Waals surface area (Å²) in [5, 5.41) is 0. The topological polar surface area (TPSA) is 28.7 Å². The van der Waals surface area contributed by atoms with Crippen LogP contribution in [0.4, 0.5) is 0 Å². The number of nitrogens with zero attached hydrogens (tertiary/aromatic N) is 1. The monoisotopic (exact) mass is 188 g/mol. The second kappa shape index (κ2) is 4.80. The molecule has 0 aromatic carbocycles. The summed E-state index contributed by atoms with van der Waals surface area (Å²) in [7, 11) is 0. The van der Waals surface area contributed by atoms with Crippen LogP contribution in [0.1, 0.15) is 25.1 Å². The zero-order chi connectivity index (χ0) is 9.64. The standard InChI is InChI=1S/C12H16N2/c1-2-5-11(6-3-1)7-4-8-12-13-9-10-14-12/h1-3,5,9-11H,4,6-8H2,(H,13,14). The van der Waals surface area contributed by atoms with E-state index in [2.05, 4.69) is 34.3 Å². The number of allylic oxidation sites excluding steroid dienone is 4. The Balaban J connectivity index is 1.68. The van der Waals surface area contributed by atoms with E-state index in [1.54, 1.807) is 0 Å². The van der Waals surface area contributed by atoms with E-state index in [1.165, 1.54) is 19.3 Å². The SMILES string of the molecule is C1=CCC(CCCc2ncc[nH]2)C=C1. The van der Waals surface area contributed by atoms with E-state index in [0.29, 0.717) is 0 Å². The molecule has 1 aliphatic rings. The molecule has 0 aliphatic heterocycles. The van der Waals surface area contributed by atoms with Gasteiger partial charge in [-0.3, -0.25) is 0 Å². The fraction of sp³-hybridized carbons (Fsp3) is 0.417. The van der Waals surface area contributed by atoms with Gasteiger partial charge in [-0.25, -0.2) is 4.98 Å². The highest BCUT2D eigenvalue weighted by Crippen LogP contribution is 2.17. The first kappa shape index (κ1) is 9.25. The summed E-state index contributed by atoms with van der Waals surface area (Å²) in [4.78, 5) is 7.34. The van der Waals surface area contributed by atoms with Crippen LogP contribution in [-0.4, -0.2) is 9.97 Å². The van der Waals surface area contributed by atoms with E-state index >= 15 is 0 Å². The Bertz CT molecular complexity index is 309. The van der Waals surface area contributed by atoms with Gasteiger partial charge in [0.15, 0.2) is 0 Å². The number of H-pyrrole nitrogens is 1. The van der Waals surface area contributed by atoms with E-state index in [1.807, 2.05) is 12.4 Å². The van der Waals surface area contributed by atoms with Crippen molar-refractivity contribution in [3.05, 3.63) is 42.5 Å². The number of aromatic amines is 1. The van der Waals surface area contributed by atoms with Crippen LogP contribution in [0.5, 0.6) is 0 Å². The van der Waals surface area contributed by atoms with Crippen molar-refractivity contribution in [3.8, 4) is 0 Å². The summed E-state index contributed by atoms with van der Waals surface area (Å²) >= 11 is 0. The number of hydrogen-bond donors (Lipinski definition) is 1. The Labute approximate surface area is 84.8 Å². The molecule has 0 bridgehead atoms. The molecule has 1 aromatic heterocycles. The Hall–Kier alpha value is -1.31. The molecule has 0 fully saturated rings. The number of rotatable bonds is 4. The van der Waals surface area contributed by atoms with Gasteiger partial charge in [0.2, 0.25) is 0 Å². The largest absolute Gasteiger partial charge is 0.349 e. The van der Waals surface area contributed by atoms with Crippen LogP contribution in [0.15, 0.2) is 36.7 Å². The summed E-state index contributed by atoms with van der Waals surface area (Å²) < 4.78 is 0. The molecule has 1 atom stereocenters. The van der Waals surface area contributed by atoms with E-state index in [0.717, 1.165) is 18.2 Å². The summed E-state index contributed by atoms with van der Waals surface area (Å²) in [5.41, 5.74) is 0. The zero-order valence-corrected chi connectivity index (χ0v) is 8.32. The highest BCUT2D eigenvalue weighted by Gasteiger charge is 2.05. The van der Waals surface area contributed by atoms with Crippen LogP contribution >= 0.6 is 0 Å². The van der Waals surface area contributed by atoms with Crippen molar-refractivity contribution in [2.45, 2.75) is 25.7 Å². The normalized spacial score (nSPS) is 20.1. The van der Waals surface area contributed by atoms with Crippen molar-refractivity contribution < 1.29 is 0 Å². The van der Waals surface area contributed by atoms with Crippen molar-refractivity contribution in [1.29, 1.82) is 0 Å². The molecule has 74 valence electrons. The van der Waals surface area contributed by atoms with Gasteiger partial charge in [0.25, 0.3) is 0 Å². The lowest BCUT2D eigenvalue weighted by atomic mass is 9.95. The predicted molar refractivity (Wildman–Crippen MR) is 57.9 cm³/mol. The number of nitrogens with one attached hydrogen (secondary N) is 1. The molecule has 0 amide bonds. The fourth-order valence-corrected chi connectivity index (χ4v) is 1.81. The number of aryl methyl sites for hydroxylation is 1. The maximum Gasteiger partial charge on any atom is 0.105 e. The van der Waals surface area contributed by atoms with Gasteiger partial charge in [0.1, 0.15) is 5.82 Å². The third-order valence-electron chi connectivity index (χ3n) is 2.61. The molecule has 0 saturated heterocycles. The van der Waals surface area contributed by atoms with Gasteiger partial charge in [0.05, 0.1) is 0 Å². The van der Waals surface area contributed by atoms with Crippen molar-refractivity contribution in [1.82, 2.24) is 9.97 Å². The Morgan fingerprint density at radius 2 is 2.43 bits per heavy atom. The van der Waals surface area contributed by atoms with Crippen molar-refractivity contribution in [3.63, 3.8) is 0 Å². The minimum absolute atomic E-state index is 0.745. The average molecular weight is 188 g/mol. The molecule has 0 saturated carbocycles. The van der Waals surface area contributed by atoms with E-state index in [9.17, 15) is 0 Å². The van der Waals surface area contributed by atoms with Crippen LogP contribution in [0.2, 0.25) is 0 Å². The van der Waals surface area contributed by atoms with Gasteiger partial charge in [-0.2, -0.15) is 0 Å². The van der Waals surface area contributed by atoms with Crippen LogP contribution < -0.4 is 0 Å². The molecular weight excluding hydrogens is 172 g/mol. The Morgan fingerprint density at radius 3 is 3.14 bits per heavy atom. The molecule has 0 spiro atoms.